The highest BCUT2D eigenvalue weighted by Crippen LogP contribution is 2.38. The molecule has 118 valence electrons. The fourth-order valence-corrected chi connectivity index (χ4v) is 3.94. The molecule has 1 aliphatic carbocycles. The number of rotatable bonds is 7. The molecule has 1 aliphatic rings. The van der Waals surface area contributed by atoms with Gasteiger partial charge in [-0.05, 0) is 58.8 Å². The van der Waals surface area contributed by atoms with Gasteiger partial charge in [0, 0.05) is 11.6 Å². The van der Waals surface area contributed by atoms with E-state index < -0.39 is 0 Å². The van der Waals surface area contributed by atoms with Crippen molar-refractivity contribution in [3.63, 3.8) is 0 Å². The van der Waals surface area contributed by atoms with Crippen molar-refractivity contribution in [3.8, 4) is 0 Å². The minimum Gasteiger partial charge on any atom is -0.312 e. The molecule has 0 heterocycles. The van der Waals surface area contributed by atoms with E-state index in [1.807, 2.05) is 0 Å². The number of aryl methyl sites for hydroxylation is 1. The summed E-state index contributed by atoms with van der Waals surface area (Å²) in [6.45, 7) is 5.56. The van der Waals surface area contributed by atoms with Crippen LogP contribution >= 0.6 is 0 Å². The average Bonchev–Trinajstić information content (AvgIpc) is 2.94. The summed E-state index contributed by atoms with van der Waals surface area (Å²) in [4.78, 5) is 2.49. The predicted molar refractivity (Wildman–Crippen MR) is 91.9 cm³/mol. The van der Waals surface area contributed by atoms with E-state index in [0.29, 0.717) is 11.6 Å². The maximum absolute atomic E-state index is 3.86. The Balaban J connectivity index is 2.20. The molecule has 0 spiro atoms. The maximum atomic E-state index is 3.86. The highest BCUT2D eigenvalue weighted by Gasteiger charge is 2.42. The minimum atomic E-state index is 0.332. The van der Waals surface area contributed by atoms with Crippen LogP contribution in [-0.2, 0) is 6.42 Å². The molecular formula is C19H32N2. The van der Waals surface area contributed by atoms with E-state index in [-0.39, 0.29) is 0 Å². The van der Waals surface area contributed by atoms with Crippen LogP contribution in [0, 0.1) is 6.92 Å². The summed E-state index contributed by atoms with van der Waals surface area (Å²) in [7, 11) is 4.53. The second kappa shape index (κ2) is 7.42. The van der Waals surface area contributed by atoms with Crippen molar-refractivity contribution in [1.82, 2.24) is 10.2 Å². The lowest BCUT2D eigenvalue weighted by Gasteiger charge is -2.44. The van der Waals surface area contributed by atoms with Crippen molar-refractivity contribution in [2.75, 3.05) is 20.6 Å². The van der Waals surface area contributed by atoms with Gasteiger partial charge in [0.1, 0.15) is 0 Å². The van der Waals surface area contributed by atoms with Gasteiger partial charge in [0.15, 0.2) is 0 Å². The fourth-order valence-electron chi connectivity index (χ4n) is 3.94. The van der Waals surface area contributed by atoms with E-state index in [0.717, 1.165) is 13.0 Å². The normalized spacial score (nSPS) is 19.1. The first kappa shape index (κ1) is 16.5. The Morgan fingerprint density at radius 3 is 2.52 bits per heavy atom. The molecule has 0 bridgehead atoms. The molecule has 2 nitrogen and oxygen atoms in total. The lowest BCUT2D eigenvalue weighted by molar-refractivity contribution is 0.104. The lowest BCUT2D eigenvalue weighted by Crippen LogP contribution is -2.58. The second-order valence-electron chi connectivity index (χ2n) is 6.90. The monoisotopic (exact) mass is 288 g/mol. The zero-order valence-corrected chi connectivity index (χ0v) is 14.3. The van der Waals surface area contributed by atoms with E-state index in [2.05, 4.69) is 62.4 Å². The first-order valence-corrected chi connectivity index (χ1v) is 8.55. The number of benzene rings is 1. The topological polar surface area (TPSA) is 15.3 Å². The molecule has 2 heteroatoms. The predicted octanol–water partition coefficient (Wildman–Crippen LogP) is 3.78. The van der Waals surface area contributed by atoms with Gasteiger partial charge < -0.3 is 10.2 Å². The first-order chi connectivity index (χ1) is 10.1. The van der Waals surface area contributed by atoms with E-state index in [4.69, 9.17) is 0 Å². The molecule has 1 fully saturated rings. The van der Waals surface area contributed by atoms with E-state index in [9.17, 15) is 0 Å². The summed E-state index contributed by atoms with van der Waals surface area (Å²) >= 11 is 0. The van der Waals surface area contributed by atoms with Gasteiger partial charge in [0.05, 0.1) is 0 Å². The van der Waals surface area contributed by atoms with Crippen molar-refractivity contribution < 1.29 is 0 Å². The quantitative estimate of drug-likeness (QED) is 0.821. The second-order valence-corrected chi connectivity index (χ2v) is 6.90. The number of hydrogen-bond donors (Lipinski definition) is 1. The molecule has 0 aliphatic heterocycles. The Kier molecular flexibility index (Phi) is 5.83. The smallest absolute Gasteiger partial charge is 0.0359 e. The van der Waals surface area contributed by atoms with Crippen LogP contribution in [0.25, 0.3) is 0 Å². The van der Waals surface area contributed by atoms with Crippen LogP contribution in [0.1, 0.15) is 50.2 Å². The standard InChI is InChI=1S/C19H32N2/c1-5-13-20-18(15-17-10-8-9-16(2)14-17)19(21(3)4)11-6-7-12-19/h8-10,14,18,20H,5-7,11-13,15H2,1-4H3. The highest BCUT2D eigenvalue weighted by molar-refractivity contribution is 5.24. The average molecular weight is 288 g/mol. The van der Waals surface area contributed by atoms with Crippen LogP contribution in [0.15, 0.2) is 24.3 Å². The molecule has 1 unspecified atom stereocenters. The Morgan fingerprint density at radius 2 is 1.95 bits per heavy atom. The Hall–Kier alpha value is -0.860. The zero-order valence-electron chi connectivity index (χ0n) is 14.3. The summed E-state index contributed by atoms with van der Waals surface area (Å²) in [5.74, 6) is 0. The molecule has 21 heavy (non-hydrogen) atoms. The molecule has 0 saturated heterocycles. The number of nitrogens with zero attached hydrogens (tertiary/aromatic N) is 1. The molecule has 0 amide bonds. The van der Waals surface area contributed by atoms with Gasteiger partial charge in [0.2, 0.25) is 0 Å². The third kappa shape index (κ3) is 3.87. The van der Waals surface area contributed by atoms with Crippen molar-refractivity contribution in [2.45, 2.75) is 64.0 Å². The van der Waals surface area contributed by atoms with Gasteiger partial charge in [-0.15, -0.1) is 0 Å². The van der Waals surface area contributed by atoms with Gasteiger partial charge in [-0.3, -0.25) is 0 Å². The molecule has 0 radical (unpaired) electrons. The molecule has 1 atom stereocenters. The Morgan fingerprint density at radius 1 is 1.24 bits per heavy atom. The largest absolute Gasteiger partial charge is 0.312 e. The summed E-state index contributed by atoms with van der Waals surface area (Å²) in [5.41, 5.74) is 3.17. The van der Waals surface area contributed by atoms with Gasteiger partial charge in [-0.25, -0.2) is 0 Å². The van der Waals surface area contributed by atoms with Gasteiger partial charge in [0.25, 0.3) is 0 Å². The number of hydrogen-bond acceptors (Lipinski definition) is 2. The van der Waals surface area contributed by atoms with E-state index in [1.165, 1.54) is 43.2 Å². The number of likely N-dealkylation sites (N-methyl/N-ethyl adjacent to an activating group) is 1. The summed E-state index contributed by atoms with van der Waals surface area (Å²) in [6, 6.07) is 9.57. The van der Waals surface area contributed by atoms with Crippen molar-refractivity contribution >= 4 is 0 Å². The van der Waals surface area contributed by atoms with Gasteiger partial charge in [-0.1, -0.05) is 49.6 Å². The van der Waals surface area contributed by atoms with E-state index in [1.54, 1.807) is 0 Å². The zero-order chi connectivity index (χ0) is 15.3. The first-order valence-electron chi connectivity index (χ1n) is 8.55. The molecule has 2 rings (SSSR count). The maximum Gasteiger partial charge on any atom is 0.0359 e. The summed E-state index contributed by atoms with van der Waals surface area (Å²) in [5, 5.41) is 3.86. The lowest BCUT2D eigenvalue weighted by atomic mass is 9.82. The van der Waals surface area contributed by atoms with Crippen molar-refractivity contribution in [2.24, 2.45) is 0 Å². The summed E-state index contributed by atoms with van der Waals surface area (Å²) in [6.07, 6.45) is 7.74. The molecule has 1 aromatic carbocycles. The highest BCUT2D eigenvalue weighted by atomic mass is 15.2. The van der Waals surface area contributed by atoms with Crippen LogP contribution in [-0.4, -0.2) is 37.1 Å². The number of nitrogens with one attached hydrogen (secondary N) is 1. The Labute approximate surface area is 130 Å². The van der Waals surface area contributed by atoms with Crippen LogP contribution in [0.5, 0.6) is 0 Å². The SMILES string of the molecule is CCCNC(Cc1cccc(C)c1)C1(N(C)C)CCCC1. The third-order valence-corrected chi connectivity index (χ3v) is 5.17. The summed E-state index contributed by atoms with van der Waals surface area (Å²) < 4.78 is 0. The van der Waals surface area contributed by atoms with Crippen LogP contribution < -0.4 is 5.32 Å². The van der Waals surface area contributed by atoms with E-state index >= 15 is 0 Å². The molecule has 1 saturated carbocycles. The molecule has 1 N–H and O–H groups in total. The van der Waals surface area contributed by atoms with Crippen molar-refractivity contribution in [3.05, 3.63) is 35.4 Å². The van der Waals surface area contributed by atoms with Crippen LogP contribution in [0.2, 0.25) is 0 Å². The molecular weight excluding hydrogens is 256 g/mol. The fraction of sp³-hybridized carbons (Fsp3) is 0.684. The van der Waals surface area contributed by atoms with Gasteiger partial charge in [-0.2, -0.15) is 0 Å². The van der Waals surface area contributed by atoms with Crippen molar-refractivity contribution in [1.29, 1.82) is 0 Å². The Bertz CT molecular complexity index is 433. The van der Waals surface area contributed by atoms with Crippen LogP contribution in [0.3, 0.4) is 0 Å². The molecule has 0 aromatic heterocycles. The minimum absolute atomic E-state index is 0.332. The van der Waals surface area contributed by atoms with Gasteiger partial charge >= 0.3 is 0 Å². The van der Waals surface area contributed by atoms with Crippen LogP contribution in [0.4, 0.5) is 0 Å². The third-order valence-electron chi connectivity index (χ3n) is 5.17. The molecule has 1 aromatic rings.